The highest BCUT2D eigenvalue weighted by atomic mass is 14.5. The van der Waals surface area contributed by atoms with Crippen molar-refractivity contribution in [3.05, 3.63) is 77.4 Å². The van der Waals surface area contributed by atoms with Gasteiger partial charge < -0.3 is 0 Å². The molecule has 0 heteroatoms. The molecule has 196 valence electrons. The van der Waals surface area contributed by atoms with Crippen molar-refractivity contribution in [2.24, 2.45) is 28.6 Å². The van der Waals surface area contributed by atoms with Crippen LogP contribution in [0.3, 0.4) is 0 Å². The van der Waals surface area contributed by atoms with Crippen molar-refractivity contribution in [1.29, 1.82) is 0 Å². The topological polar surface area (TPSA) is 0 Å². The van der Waals surface area contributed by atoms with Crippen LogP contribution in [-0.2, 0) is 6.42 Å². The van der Waals surface area contributed by atoms with Gasteiger partial charge in [-0.3, -0.25) is 0 Å². The first-order valence-electron chi connectivity index (χ1n) is 15.0. The predicted molar refractivity (Wildman–Crippen MR) is 158 cm³/mol. The SMILES string of the molecule is C=C(c1ccc(CCC(C)(C)C)c(C)c1)C1CCC2(CC1)CC(CCC)CC(c1ccccc1)C2C. The van der Waals surface area contributed by atoms with E-state index in [0.717, 1.165) is 17.8 Å². The van der Waals surface area contributed by atoms with Gasteiger partial charge in [0.05, 0.1) is 0 Å². The zero-order valence-corrected chi connectivity index (χ0v) is 24.2. The van der Waals surface area contributed by atoms with Crippen LogP contribution >= 0.6 is 0 Å². The Morgan fingerprint density at radius 1 is 1.03 bits per heavy atom. The fraction of sp³-hybridized carbons (Fsp3) is 0.611. The minimum Gasteiger partial charge on any atom is -0.0950 e. The maximum Gasteiger partial charge on any atom is -0.0128 e. The average molecular weight is 485 g/mol. The molecule has 1 spiro atoms. The molecule has 0 aliphatic heterocycles. The van der Waals surface area contributed by atoms with Crippen molar-refractivity contribution in [3.8, 4) is 0 Å². The first kappa shape index (κ1) is 27.2. The van der Waals surface area contributed by atoms with Gasteiger partial charge in [0, 0.05) is 0 Å². The van der Waals surface area contributed by atoms with E-state index in [-0.39, 0.29) is 0 Å². The largest absolute Gasteiger partial charge is 0.0950 e. The molecule has 2 saturated carbocycles. The fourth-order valence-electron chi connectivity index (χ4n) is 7.71. The Labute approximate surface area is 223 Å². The van der Waals surface area contributed by atoms with Crippen molar-refractivity contribution >= 4 is 5.57 Å². The lowest BCUT2D eigenvalue weighted by molar-refractivity contribution is 0.00351. The smallest absolute Gasteiger partial charge is 0.0128 e. The molecule has 0 saturated heterocycles. The second-order valence-corrected chi connectivity index (χ2v) is 13.8. The van der Waals surface area contributed by atoms with Crippen molar-refractivity contribution in [2.45, 2.75) is 112 Å². The summed E-state index contributed by atoms with van der Waals surface area (Å²) in [6, 6.07) is 18.6. The molecule has 3 atom stereocenters. The number of allylic oxidation sites excluding steroid dienone is 1. The van der Waals surface area contributed by atoms with Crippen molar-refractivity contribution < 1.29 is 0 Å². The number of aryl methyl sites for hydroxylation is 2. The Morgan fingerprint density at radius 3 is 2.33 bits per heavy atom. The minimum absolute atomic E-state index is 0.388. The normalized spacial score (nSPS) is 28.8. The van der Waals surface area contributed by atoms with Gasteiger partial charge in [-0.1, -0.05) is 103 Å². The molecule has 0 heterocycles. The van der Waals surface area contributed by atoms with E-state index < -0.39 is 0 Å². The predicted octanol–water partition coefficient (Wildman–Crippen LogP) is 10.8. The van der Waals surface area contributed by atoms with Crippen LogP contribution in [0.5, 0.6) is 0 Å². The molecule has 0 amide bonds. The van der Waals surface area contributed by atoms with E-state index in [1.54, 1.807) is 5.56 Å². The first-order valence-corrected chi connectivity index (χ1v) is 15.0. The van der Waals surface area contributed by atoms with Crippen molar-refractivity contribution in [3.63, 3.8) is 0 Å². The highest BCUT2D eigenvalue weighted by Gasteiger charge is 2.48. The summed E-state index contributed by atoms with van der Waals surface area (Å²) in [7, 11) is 0. The Kier molecular flexibility index (Phi) is 8.53. The van der Waals surface area contributed by atoms with Crippen molar-refractivity contribution in [2.75, 3.05) is 0 Å². The number of hydrogen-bond donors (Lipinski definition) is 0. The molecule has 2 fully saturated rings. The second kappa shape index (κ2) is 11.3. The summed E-state index contributed by atoms with van der Waals surface area (Å²) >= 11 is 0. The van der Waals surface area contributed by atoms with E-state index in [1.807, 2.05) is 0 Å². The van der Waals surface area contributed by atoms with E-state index in [9.17, 15) is 0 Å². The monoisotopic (exact) mass is 484 g/mol. The lowest BCUT2D eigenvalue weighted by Crippen LogP contribution is -2.42. The summed E-state index contributed by atoms with van der Waals surface area (Å²) in [6.07, 6.45) is 13.4. The van der Waals surface area contributed by atoms with E-state index in [2.05, 4.69) is 96.7 Å². The van der Waals surface area contributed by atoms with Crippen LogP contribution < -0.4 is 0 Å². The average Bonchev–Trinajstić information content (AvgIpc) is 2.85. The maximum atomic E-state index is 4.66. The summed E-state index contributed by atoms with van der Waals surface area (Å²) in [5, 5.41) is 0. The Balaban J connectivity index is 1.45. The second-order valence-electron chi connectivity index (χ2n) is 13.8. The molecule has 4 rings (SSSR count). The molecular formula is C36H52. The number of benzene rings is 2. The van der Waals surface area contributed by atoms with Gasteiger partial charge in [0.15, 0.2) is 0 Å². The summed E-state index contributed by atoms with van der Waals surface area (Å²) in [4.78, 5) is 0. The summed E-state index contributed by atoms with van der Waals surface area (Å²) in [5.41, 5.74) is 8.21. The van der Waals surface area contributed by atoms with Crippen LogP contribution in [-0.4, -0.2) is 0 Å². The lowest BCUT2D eigenvalue weighted by atomic mass is 9.51. The molecular weight excluding hydrogens is 432 g/mol. The van der Waals surface area contributed by atoms with E-state index in [0.29, 0.717) is 16.7 Å². The van der Waals surface area contributed by atoms with Gasteiger partial charge in [0.25, 0.3) is 0 Å². The van der Waals surface area contributed by atoms with Gasteiger partial charge in [0.2, 0.25) is 0 Å². The van der Waals surface area contributed by atoms with Gasteiger partial charge in [-0.25, -0.2) is 0 Å². The number of rotatable bonds is 7. The maximum absolute atomic E-state index is 4.66. The van der Waals surface area contributed by atoms with E-state index >= 15 is 0 Å². The third-order valence-electron chi connectivity index (χ3n) is 10.1. The fourth-order valence-corrected chi connectivity index (χ4v) is 7.71. The van der Waals surface area contributed by atoms with Crippen LogP contribution in [0.1, 0.15) is 121 Å². The quantitative estimate of drug-likeness (QED) is 0.366. The van der Waals surface area contributed by atoms with Crippen LogP contribution in [0.25, 0.3) is 5.57 Å². The molecule has 0 nitrogen and oxygen atoms in total. The van der Waals surface area contributed by atoms with E-state index in [4.69, 9.17) is 0 Å². The molecule has 3 unspecified atom stereocenters. The van der Waals surface area contributed by atoms with Gasteiger partial charge in [-0.15, -0.1) is 0 Å². The van der Waals surface area contributed by atoms with Crippen LogP contribution in [0, 0.1) is 35.5 Å². The van der Waals surface area contributed by atoms with Gasteiger partial charge in [0.1, 0.15) is 0 Å². The summed E-state index contributed by atoms with van der Waals surface area (Å²) in [5.74, 6) is 3.02. The standard InChI is InChI=1S/C36H52/c1-8-12-29-24-34(32-13-10-9-11-14-32)28(4)36(25-29)21-18-31(19-22-36)27(3)33-16-15-30(26(2)23-33)17-20-35(5,6)7/h9-11,13-16,23,28-29,31,34H,3,8,12,17-22,24-25H2,1-2,4-7H3. The molecule has 2 aliphatic carbocycles. The Morgan fingerprint density at radius 2 is 1.72 bits per heavy atom. The third-order valence-corrected chi connectivity index (χ3v) is 10.1. The zero-order valence-electron chi connectivity index (χ0n) is 24.2. The van der Waals surface area contributed by atoms with Crippen molar-refractivity contribution in [1.82, 2.24) is 0 Å². The highest BCUT2D eigenvalue weighted by molar-refractivity contribution is 5.66. The molecule has 36 heavy (non-hydrogen) atoms. The van der Waals surface area contributed by atoms with Gasteiger partial charge in [-0.2, -0.15) is 0 Å². The molecule has 0 radical (unpaired) electrons. The number of hydrogen-bond acceptors (Lipinski definition) is 0. The minimum atomic E-state index is 0.388. The zero-order chi connectivity index (χ0) is 25.9. The highest BCUT2D eigenvalue weighted by Crippen LogP contribution is 2.59. The molecule has 0 N–H and O–H groups in total. The van der Waals surface area contributed by atoms with E-state index in [1.165, 1.54) is 86.5 Å². The Hall–Kier alpha value is -1.82. The first-order chi connectivity index (χ1) is 17.1. The van der Waals surface area contributed by atoms with Crippen LogP contribution in [0.2, 0.25) is 0 Å². The summed E-state index contributed by atoms with van der Waals surface area (Å²) in [6.45, 7) is 19.0. The third kappa shape index (κ3) is 6.17. The molecule has 2 aromatic carbocycles. The molecule has 0 bridgehead atoms. The van der Waals surface area contributed by atoms with Gasteiger partial charge in [-0.05, 0) is 121 Å². The summed E-state index contributed by atoms with van der Waals surface area (Å²) < 4.78 is 0. The lowest BCUT2D eigenvalue weighted by Gasteiger charge is -2.53. The van der Waals surface area contributed by atoms with Crippen LogP contribution in [0.15, 0.2) is 55.1 Å². The van der Waals surface area contributed by atoms with Crippen LogP contribution in [0.4, 0.5) is 0 Å². The molecule has 0 aromatic heterocycles. The molecule has 2 aromatic rings. The van der Waals surface area contributed by atoms with Gasteiger partial charge >= 0.3 is 0 Å². The Bertz CT molecular complexity index is 996. The molecule has 2 aliphatic rings.